The van der Waals surface area contributed by atoms with Gasteiger partial charge in [0.15, 0.2) is 11.5 Å². The molecule has 148 valence electrons. The molecule has 1 aromatic heterocycles. The number of fused-ring (bicyclic) bond motifs is 1. The first kappa shape index (κ1) is 18.8. The number of carbonyl (C=O) groups is 1. The summed E-state index contributed by atoms with van der Waals surface area (Å²) in [5.41, 5.74) is 4.68. The molecule has 10 heteroatoms. The van der Waals surface area contributed by atoms with Crippen LogP contribution in [0.3, 0.4) is 0 Å². The van der Waals surface area contributed by atoms with E-state index >= 15 is 0 Å². The van der Waals surface area contributed by atoms with E-state index in [0.717, 1.165) is 16.9 Å². The number of aromatic nitrogens is 3. The first-order valence-electron chi connectivity index (χ1n) is 8.81. The van der Waals surface area contributed by atoms with E-state index in [1.165, 1.54) is 11.8 Å². The number of hydrazone groups is 1. The first-order valence-corrected chi connectivity index (χ1v) is 9.79. The van der Waals surface area contributed by atoms with Gasteiger partial charge in [-0.25, -0.2) is 10.5 Å². The Hall–Kier alpha value is -3.53. The standard InChI is InChI=1S/C19H18N6O3S/c26-17(20-9-14-6-7-15-16(8-14)28-12-27-15)11-29-19-22-18(24-25-19)23-21-10-13-4-2-1-3-5-13/h1-8,10H,9,11-12H2,(H,20,26)(H2,22,23,24,25)/b21-10-. The topological polar surface area (TPSA) is 114 Å². The van der Waals surface area contributed by atoms with Crippen LogP contribution in [0.1, 0.15) is 11.1 Å². The van der Waals surface area contributed by atoms with Gasteiger partial charge in [-0.05, 0) is 23.3 Å². The normalized spacial score (nSPS) is 12.3. The second kappa shape index (κ2) is 9.11. The molecule has 0 saturated heterocycles. The molecule has 0 spiro atoms. The van der Waals surface area contributed by atoms with Crippen molar-refractivity contribution in [1.82, 2.24) is 20.5 Å². The van der Waals surface area contributed by atoms with Crippen molar-refractivity contribution in [3.63, 3.8) is 0 Å². The van der Waals surface area contributed by atoms with Crippen LogP contribution in [0.4, 0.5) is 5.95 Å². The number of hydrogen-bond acceptors (Lipinski definition) is 8. The molecular formula is C19H18N6O3S. The van der Waals surface area contributed by atoms with Crippen LogP contribution in [0, 0.1) is 0 Å². The minimum absolute atomic E-state index is 0.117. The number of nitrogens with one attached hydrogen (secondary N) is 3. The number of aromatic amines is 1. The number of ether oxygens (including phenoxy) is 2. The SMILES string of the molecule is O=C(CSc1n[nH]c(N/N=C\c2ccccc2)n1)NCc1ccc2c(c1)OCO2. The van der Waals surface area contributed by atoms with Gasteiger partial charge in [-0.15, -0.1) is 5.10 Å². The number of carbonyl (C=O) groups excluding carboxylic acids is 1. The van der Waals surface area contributed by atoms with Crippen molar-refractivity contribution in [2.24, 2.45) is 5.10 Å². The van der Waals surface area contributed by atoms with Crippen LogP contribution < -0.4 is 20.2 Å². The number of amides is 1. The summed E-state index contributed by atoms with van der Waals surface area (Å²) in [6.07, 6.45) is 1.68. The molecule has 0 radical (unpaired) electrons. The Morgan fingerprint density at radius 2 is 2.07 bits per heavy atom. The molecule has 2 heterocycles. The fourth-order valence-corrected chi connectivity index (χ4v) is 3.13. The monoisotopic (exact) mass is 410 g/mol. The minimum atomic E-state index is -0.117. The van der Waals surface area contributed by atoms with Crippen molar-refractivity contribution < 1.29 is 14.3 Å². The van der Waals surface area contributed by atoms with Gasteiger partial charge in [0, 0.05) is 6.54 Å². The van der Waals surface area contributed by atoms with Crippen LogP contribution in [-0.4, -0.2) is 39.8 Å². The second-order valence-corrected chi connectivity index (χ2v) is 6.94. The van der Waals surface area contributed by atoms with E-state index in [-0.39, 0.29) is 18.5 Å². The predicted octanol–water partition coefficient (Wildman–Crippen LogP) is 2.39. The van der Waals surface area contributed by atoms with Gasteiger partial charge in [0.25, 0.3) is 0 Å². The maximum absolute atomic E-state index is 12.1. The highest BCUT2D eigenvalue weighted by Gasteiger charge is 2.13. The Morgan fingerprint density at radius 3 is 2.97 bits per heavy atom. The molecule has 3 N–H and O–H groups in total. The predicted molar refractivity (Wildman–Crippen MR) is 109 cm³/mol. The van der Waals surface area contributed by atoms with E-state index in [1.54, 1.807) is 6.21 Å². The summed E-state index contributed by atoms with van der Waals surface area (Å²) in [6, 6.07) is 15.3. The molecule has 0 bridgehead atoms. The van der Waals surface area contributed by atoms with Gasteiger partial charge >= 0.3 is 0 Å². The smallest absolute Gasteiger partial charge is 0.240 e. The number of thioether (sulfide) groups is 1. The number of rotatable bonds is 8. The number of nitrogens with zero attached hydrogens (tertiary/aromatic N) is 3. The van der Waals surface area contributed by atoms with E-state index in [4.69, 9.17) is 9.47 Å². The van der Waals surface area contributed by atoms with Crippen LogP contribution >= 0.6 is 11.8 Å². The Morgan fingerprint density at radius 1 is 1.21 bits per heavy atom. The number of hydrogen-bond donors (Lipinski definition) is 3. The van der Waals surface area contributed by atoms with Crippen molar-refractivity contribution in [1.29, 1.82) is 0 Å². The first-order chi connectivity index (χ1) is 14.3. The van der Waals surface area contributed by atoms with Gasteiger partial charge < -0.3 is 14.8 Å². The van der Waals surface area contributed by atoms with Crippen LogP contribution in [0.25, 0.3) is 0 Å². The summed E-state index contributed by atoms with van der Waals surface area (Å²) in [7, 11) is 0. The van der Waals surface area contributed by atoms with Crippen LogP contribution in [0.15, 0.2) is 58.8 Å². The van der Waals surface area contributed by atoms with Crippen molar-refractivity contribution >= 4 is 29.8 Å². The zero-order valence-corrected chi connectivity index (χ0v) is 16.1. The molecule has 0 aliphatic carbocycles. The minimum Gasteiger partial charge on any atom is -0.454 e. The molecular weight excluding hydrogens is 392 g/mol. The summed E-state index contributed by atoms with van der Waals surface area (Å²) >= 11 is 1.23. The summed E-state index contributed by atoms with van der Waals surface area (Å²) in [4.78, 5) is 16.3. The largest absolute Gasteiger partial charge is 0.454 e. The third kappa shape index (κ3) is 5.26. The van der Waals surface area contributed by atoms with E-state index in [1.807, 2.05) is 48.5 Å². The van der Waals surface area contributed by atoms with Crippen molar-refractivity contribution in [2.75, 3.05) is 18.0 Å². The van der Waals surface area contributed by atoms with E-state index in [9.17, 15) is 4.79 Å². The quantitative estimate of drug-likeness (QED) is 0.297. The Balaban J connectivity index is 1.20. The molecule has 2 aromatic carbocycles. The van der Waals surface area contributed by atoms with E-state index in [2.05, 4.69) is 31.0 Å². The zero-order chi connectivity index (χ0) is 19.9. The highest BCUT2D eigenvalue weighted by molar-refractivity contribution is 7.99. The third-order valence-electron chi connectivity index (χ3n) is 3.91. The summed E-state index contributed by atoms with van der Waals surface area (Å²) in [6.45, 7) is 0.637. The van der Waals surface area contributed by atoms with Gasteiger partial charge in [0.05, 0.1) is 12.0 Å². The Kier molecular flexibility index (Phi) is 5.91. The Bertz CT molecular complexity index is 1010. The van der Waals surface area contributed by atoms with Crippen LogP contribution in [0.5, 0.6) is 11.5 Å². The van der Waals surface area contributed by atoms with Crippen LogP contribution in [-0.2, 0) is 11.3 Å². The number of H-pyrrole nitrogens is 1. The lowest BCUT2D eigenvalue weighted by molar-refractivity contribution is -0.118. The molecule has 3 aromatic rings. The van der Waals surface area contributed by atoms with Gasteiger partial charge in [-0.3, -0.25) is 4.79 Å². The fraction of sp³-hybridized carbons (Fsp3) is 0.158. The van der Waals surface area contributed by atoms with Gasteiger partial charge in [0.2, 0.25) is 23.8 Å². The van der Waals surface area contributed by atoms with Crippen molar-refractivity contribution in [2.45, 2.75) is 11.7 Å². The number of anilines is 1. The average Bonchev–Trinajstić information content (AvgIpc) is 3.40. The molecule has 1 amide bonds. The summed E-state index contributed by atoms with van der Waals surface area (Å²) in [5.74, 6) is 1.91. The van der Waals surface area contributed by atoms with E-state index < -0.39 is 0 Å². The fourth-order valence-electron chi connectivity index (χ4n) is 2.50. The summed E-state index contributed by atoms with van der Waals surface area (Å²) in [5, 5.41) is 14.2. The zero-order valence-electron chi connectivity index (χ0n) is 15.3. The lowest BCUT2D eigenvalue weighted by Crippen LogP contribution is -2.24. The van der Waals surface area contributed by atoms with Gasteiger partial charge in [0.1, 0.15) is 0 Å². The third-order valence-corrected chi connectivity index (χ3v) is 4.75. The van der Waals surface area contributed by atoms with Crippen LogP contribution in [0.2, 0.25) is 0 Å². The maximum Gasteiger partial charge on any atom is 0.240 e. The second-order valence-electron chi connectivity index (χ2n) is 6.00. The van der Waals surface area contributed by atoms with Gasteiger partial charge in [-0.1, -0.05) is 48.2 Å². The van der Waals surface area contributed by atoms with Crippen molar-refractivity contribution in [3.05, 3.63) is 59.7 Å². The van der Waals surface area contributed by atoms with Crippen molar-refractivity contribution in [3.8, 4) is 11.5 Å². The molecule has 4 rings (SSSR count). The molecule has 29 heavy (non-hydrogen) atoms. The average molecular weight is 410 g/mol. The molecule has 0 atom stereocenters. The molecule has 0 fully saturated rings. The molecule has 1 aliphatic heterocycles. The lowest BCUT2D eigenvalue weighted by atomic mass is 10.2. The Labute approximate surface area is 170 Å². The van der Waals surface area contributed by atoms with E-state index in [0.29, 0.717) is 23.4 Å². The highest BCUT2D eigenvalue weighted by Crippen LogP contribution is 2.32. The van der Waals surface area contributed by atoms with Gasteiger partial charge in [-0.2, -0.15) is 10.1 Å². The molecule has 0 unspecified atom stereocenters. The number of benzene rings is 2. The maximum atomic E-state index is 12.1. The molecule has 0 saturated carbocycles. The molecule has 1 aliphatic rings. The molecule has 9 nitrogen and oxygen atoms in total. The highest BCUT2D eigenvalue weighted by atomic mass is 32.2. The summed E-state index contributed by atoms with van der Waals surface area (Å²) < 4.78 is 10.6. The lowest BCUT2D eigenvalue weighted by Gasteiger charge is -2.05.